The fourth-order valence-corrected chi connectivity index (χ4v) is 2.18. The Labute approximate surface area is 133 Å². The quantitative estimate of drug-likeness (QED) is 0.884. The minimum atomic E-state index is -0.617. The molecule has 0 bridgehead atoms. The van der Waals surface area contributed by atoms with Crippen LogP contribution in [0.1, 0.15) is 31.9 Å². The lowest BCUT2D eigenvalue weighted by Crippen LogP contribution is -2.22. The number of rotatable bonds is 2. The first-order valence-corrected chi connectivity index (χ1v) is 6.92. The van der Waals surface area contributed by atoms with Crippen LogP contribution in [0.5, 0.6) is 5.75 Å². The van der Waals surface area contributed by atoms with Crippen LogP contribution in [0, 0.1) is 22.7 Å². The molecular formula is C17H16N4O2. The molecule has 0 atom stereocenters. The molecule has 0 saturated carbocycles. The van der Waals surface area contributed by atoms with E-state index in [2.05, 4.69) is 4.98 Å². The highest BCUT2D eigenvalue weighted by atomic mass is 16.5. The molecule has 0 aliphatic rings. The first-order chi connectivity index (χ1) is 10.8. The lowest BCUT2D eigenvalue weighted by atomic mass is 9.96. The summed E-state index contributed by atoms with van der Waals surface area (Å²) in [6.45, 7) is 5.79. The normalized spacial score (nSPS) is 10.7. The molecule has 0 amide bonds. The third-order valence-corrected chi connectivity index (χ3v) is 3.04. The van der Waals surface area contributed by atoms with Crippen molar-refractivity contribution >= 4 is 5.82 Å². The summed E-state index contributed by atoms with van der Waals surface area (Å²) in [4.78, 5) is 14.2. The molecule has 116 valence electrons. The molecule has 0 radical (unpaired) electrons. The fraction of sp³-hybridized carbons (Fsp3) is 0.235. The van der Waals surface area contributed by atoms with E-state index in [4.69, 9.17) is 10.5 Å². The van der Waals surface area contributed by atoms with Crippen LogP contribution in [0.3, 0.4) is 0 Å². The predicted octanol–water partition coefficient (Wildman–Crippen LogP) is 2.54. The van der Waals surface area contributed by atoms with Crippen LogP contribution in [0.15, 0.2) is 29.1 Å². The first-order valence-electron chi connectivity index (χ1n) is 6.92. The van der Waals surface area contributed by atoms with Crippen LogP contribution in [-0.4, -0.2) is 10.6 Å². The highest BCUT2D eigenvalue weighted by Crippen LogP contribution is 2.30. The molecule has 0 spiro atoms. The predicted molar refractivity (Wildman–Crippen MR) is 86.7 cm³/mol. The van der Waals surface area contributed by atoms with E-state index in [1.807, 2.05) is 32.9 Å². The number of nitrogen functional groups attached to an aromatic ring is 1. The maximum atomic E-state index is 11.9. The first kappa shape index (κ1) is 16.1. The fourth-order valence-electron chi connectivity index (χ4n) is 2.18. The Morgan fingerprint density at radius 1 is 1.09 bits per heavy atom. The molecule has 2 rings (SSSR count). The smallest absolute Gasteiger partial charge is 0.268 e. The number of benzene rings is 1. The van der Waals surface area contributed by atoms with Crippen molar-refractivity contribution < 1.29 is 4.74 Å². The number of H-pyrrole nitrogens is 1. The topological polar surface area (TPSA) is 116 Å². The number of hydrogen-bond donors (Lipinski definition) is 2. The van der Waals surface area contributed by atoms with Crippen molar-refractivity contribution in [2.24, 2.45) is 0 Å². The minimum absolute atomic E-state index is 0.0541. The molecule has 1 heterocycles. The van der Waals surface area contributed by atoms with E-state index in [9.17, 15) is 15.3 Å². The van der Waals surface area contributed by atoms with Gasteiger partial charge in [-0.25, -0.2) is 0 Å². The number of aromatic nitrogens is 1. The van der Waals surface area contributed by atoms with E-state index in [-0.39, 0.29) is 28.1 Å². The number of hydrogen-bond acceptors (Lipinski definition) is 5. The lowest BCUT2D eigenvalue weighted by molar-refractivity contribution is 0.131. The molecule has 0 aliphatic heterocycles. The summed E-state index contributed by atoms with van der Waals surface area (Å²) >= 11 is 0. The van der Waals surface area contributed by atoms with Gasteiger partial charge in [-0.15, -0.1) is 0 Å². The van der Waals surface area contributed by atoms with Crippen LogP contribution in [-0.2, 0) is 0 Å². The molecular weight excluding hydrogens is 292 g/mol. The molecule has 1 aromatic heterocycles. The molecule has 3 N–H and O–H groups in total. The molecule has 0 saturated heterocycles. The third kappa shape index (κ3) is 3.33. The van der Waals surface area contributed by atoms with E-state index in [1.165, 1.54) is 0 Å². The minimum Gasteiger partial charge on any atom is -0.488 e. The van der Waals surface area contributed by atoms with Crippen LogP contribution in [0.2, 0.25) is 0 Å². The van der Waals surface area contributed by atoms with Gasteiger partial charge in [0.15, 0.2) is 0 Å². The van der Waals surface area contributed by atoms with Crippen LogP contribution >= 0.6 is 0 Å². The number of anilines is 1. The Bertz CT molecular complexity index is 876. The number of ether oxygens (including phenoxy) is 1. The summed E-state index contributed by atoms with van der Waals surface area (Å²) in [7, 11) is 0. The molecule has 2 aromatic rings. The lowest BCUT2D eigenvalue weighted by Gasteiger charge is -2.21. The monoisotopic (exact) mass is 308 g/mol. The largest absolute Gasteiger partial charge is 0.488 e. The number of nitrogens with one attached hydrogen (secondary N) is 1. The van der Waals surface area contributed by atoms with Crippen LogP contribution in [0.4, 0.5) is 5.82 Å². The Hall–Kier alpha value is -3.25. The van der Waals surface area contributed by atoms with E-state index >= 15 is 0 Å². The molecule has 0 fully saturated rings. The van der Waals surface area contributed by atoms with Crippen molar-refractivity contribution in [1.82, 2.24) is 4.98 Å². The summed E-state index contributed by atoms with van der Waals surface area (Å²) in [5, 5.41) is 18.5. The molecule has 0 unspecified atom stereocenters. The number of nitrogens with zero attached hydrogens (tertiary/aromatic N) is 2. The van der Waals surface area contributed by atoms with Crippen LogP contribution in [0.25, 0.3) is 11.1 Å². The van der Waals surface area contributed by atoms with Gasteiger partial charge in [0.05, 0.1) is 0 Å². The second-order valence-corrected chi connectivity index (χ2v) is 5.96. The second-order valence-electron chi connectivity index (χ2n) is 5.96. The van der Waals surface area contributed by atoms with Gasteiger partial charge in [-0.05, 0) is 38.5 Å². The molecule has 23 heavy (non-hydrogen) atoms. The molecule has 0 aliphatic carbocycles. The zero-order valence-corrected chi connectivity index (χ0v) is 13.1. The van der Waals surface area contributed by atoms with Crippen molar-refractivity contribution in [3.05, 3.63) is 45.7 Å². The molecule has 6 nitrogen and oxygen atoms in total. The summed E-state index contributed by atoms with van der Waals surface area (Å²) in [5.74, 6) is 0.595. The van der Waals surface area contributed by atoms with Gasteiger partial charge < -0.3 is 15.5 Å². The number of aromatic amines is 1. The zero-order valence-electron chi connectivity index (χ0n) is 13.1. The summed E-state index contributed by atoms with van der Waals surface area (Å²) in [6, 6.07) is 10.6. The summed E-state index contributed by atoms with van der Waals surface area (Å²) in [5.41, 5.74) is 5.46. The van der Waals surface area contributed by atoms with Crippen LogP contribution < -0.4 is 16.0 Å². The SMILES string of the molecule is CC(C)(C)Oc1ccc(-c2c(C#N)c(N)[nH]c(=O)c2C#N)cc1. The Morgan fingerprint density at radius 3 is 2.13 bits per heavy atom. The van der Waals surface area contributed by atoms with Crippen molar-refractivity contribution in [1.29, 1.82) is 10.5 Å². The molecule has 6 heteroatoms. The van der Waals surface area contributed by atoms with Gasteiger partial charge in [0.2, 0.25) is 0 Å². The zero-order chi connectivity index (χ0) is 17.2. The average Bonchev–Trinajstić information content (AvgIpc) is 2.46. The van der Waals surface area contributed by atoms with Crippen molar-refractivity contribution in [2.45, 2.75) is 26.4 Å². The Kier molecular flexibility index (Phi) is 4.11. The third-order valence-electron chi connectivity index (χ3n) is 3.04. The van der Waals surface area contributed by atoms with Crippen molar-refractivity contribution in [3.63, 3.8) is 0 Å². The number of nitrogens with two attached hydrogens (primary N) is 1. The summed E-state index contributed by atoms with van der Waals surface area (Å²) in [6.07, 6.45) is 0. The second kappa shape index (κ2) is 5.86. The van der Waals surface area contributed by atoms with E-state index in [1.54, 1.807) is 24.3 Å². The Morgan fingerprint density at radius 2 is 1.65 bits per heavy atom. The van der Waals surface area contributed by atoms with Gasteiger partial charge >= 0.3 is 0 Å². The maximum absolute atomic E-state index is 11.9. The summed E-state index contributed by atoms with van der Waals surface area (Å²) < 4.78 is 5.73. The van der Waals surface area contributed by atoms with Gasteiger partial charge in [-0.2, -0.15) is 10.5 Å². The highest BCUT2D eigenvalue weighted by molar-refractivity contribution is 5.80. The van der Waals surface area contributed by atoms with Crippen molar-refractivity contribution in [3.8, 4) is 29.0 Å². The van der Waals surface area contributed by atoms with E-state index < -0.39 is 5.56 Å². The average molecular weight is 308 g/mol. The van der Waals surface area contributed by atoms with Gasteiger partial charge in [0.25, 0.3) is 5.56 Å². The van der Waals surface area contributed by atoms with Crippen molar-refractivity contribution in [2.75, 3.05) is 5.73 Å². The maximum Gasteiger partial charge on any atom is 0.268 e. The van der Waals surface area contributed by atoms with E-state index in [0.29, 0.717) is 11.3 Å². The van der Waals surface area contributed by atoms with E-state index in [0.717, 1.165) is 0 Å². The molecule has 1 aromatic carbocycles. The number of nitriles is 2. The van der Waals surface area contributed by atoms with Gasteiger partial charge in [-0.3, -0.25) is 4.79 Å². The standard InChI is InChI=1S/C17H16N4O2/c1-17(2,3)23-11-6-4-10(5-7-11)14-12(8-18)15(20)21-16(22)13(14)9-19/h4-7H,1-3H3,(H3,20,21,22). The highest BCUT2D eigenvalue weighted by Gasteiger charge is 2.18. The Balaban J connectivity index is 2.61. The van der Waals surface area contributed by atoms with Gasteiger partial charge in [-0.1, -0.05) is 12.1 Å². The number of pyridine rings is 1. The van der Waals surface area contributed by atoms with Gasteiger partial charge in [0.1, 0.15) is 40.4 Å². The van der Waals surface area contributed by atoms with Gasteiger partial charge in [0, 0.05) is 5.56 Å².